The number of hydrogen-bond acceptors (Lipinski definition) is 6. The van der Waals surface area contributed by atoms with Gasteiger partial charge in [0.2, 0.25) is 0 Å². The van der Waals surface area contributed by atoms with Crippen LogP contribution in [0.4, 0.5) is 5.82 Å². The van der Waals surface area contributed by atoms with Crippen molar-refractivity contribution >= 4 is 45.2 Å². The molecule has 0 unspecified atom stereocenters. The maximum Gasteiger partial charge on any atom is 0.306 e. The Hall–Kier alpha value is -1.16. The molecule has 0 aliphatic carbocycles. The number of nitrogens with zero attached hydrogens (tertiary/aromatic N) is 3. The van der Waals surface area contributed by atoms with Gasteiger partial charge in [0.15, 0.2) is 11.0 Å². The molecule has 0 saturated carbocycles. The Morgan fingerprint density at radius 2 is 2.10 bits per heavy atom. The molecule has 1 heterocycles. The smallest absolute Gasteiger partial charge is 0.306 e. The maximum atomic E-state index is 12.0. The van der Waals surface area contributed by atoms with E-state index in [0.717, 1.165) is 10.6 Å². The molecule has 1 aromatic rings. The summed E-state index contributed by atoms with van der Waals surface area (Å²) in [6.45, 7) is -0.0571. The van der Waals surface area contributed by atoms with Crippen molar-refractivity contribution in [2.45, 2.75) is 6.42 Å². The number of anilines is 1. The molecule has 0 aliphatic rings. The van der Waals surface area contributed by atoms with E-state index in [-0.39, 0.29) is 29.0 Å². The number of ether oxygens (including phenoxy) is 1. The van der Waals surface area contributed by atoms with E-state index in [4.69, 9.17) is 23.2 Å². The fourth-order valence-electron chi connectivity index (χ4n) is 1.09. The average Bonchev–Trinajstić information content (AvgIpc) is 2.40. The van der Waals surface area contributed by atoms with E-state index in [0.29, 0.717) is 0 Å². The summed E-state index contributed by atoms with van der Waals surface area (Å²) in [4.78, 5) is 18.3. The third kappa shape index (κ3) is 4.44. The van der Waals surface area contributed by atoms with E-state index >= 15 is 0 Å². The standard InChI is InChI=1S/C9H12Cl2N4O4S/c1-15(4-3-6(16)19-2)20(17,18)14-9-7(10)8(11)12-5-13-9/h5H,3-4H2,1-2H3,(H,12,13,14). The van der Waals surface area contributed by atoms with Gasteiger partial charge >= 0.3 is 16.2 Å². The van der Waals surface area contributed by atoms with Crippen LogP contribution >= 0.6 is 23.2 Å². The quantitative estimate of drug-likeness (QED) is 0.609. The SMILES string of the molecule is COC(=O)CCN(C)S(=O)(=O)Nc1ncnc(Cl)c1Cl. The zero-order valence-electron chi connectivity index (χ0n) is 10.6. The average molecular weight is 343 g/mol. The van der Waals surface area contributed by atoms with Gasteiger partial charge in [-0.2, -0.15) is 12.7 Å². The van der Waals surface area contributed by atoms with Gasteiger partial charge in [0.05, 0.1) is 13.5 Å². The summed E-state index contributed by atoms with van der Waals surface area (Å²) in [5.74, 6) is -0.660. The number of hydrogen-bond donors (Lipinski definition) is 1. The van der Waals surface area contributed by atoms with Crippen LogP contribution in [0.5, 0.6) is 0 Å². The maximum absolute atomic E-state index is 12.0. The Morgan fingerprint density at radius 3 is 2.70 bits per heavy atom. The highest BCUT2D eigenvalue weighted by Gasteiger charge is 2.21. The van der Waals surface area contributed by atoms with Gasteiger partial charge in [-0.3, -0.25) is 9.52 Å². The molecule has 1 N–H and O–H groups in total. The minimum absolute atomic E-state index is 0.0571. The molecule has 0 atom stereocenters. The van der Waals surface area contributed by atoms with Crippen LogP contribution in [0, 0.1) is 0 Å². The van der Waals surface area contributed by atoms with Gasteiger partial charge in [-0.15, -0.1) is 0 Å². The highest BCUT2D eigenvalue weighted by atomic mass is 35.5. The summed E-state index contributed by atoms with van der Waals surface area (Å²) in [6.07, 6.45) is 0.993. The third-order valence-corrected chi connectivity index (χ3v) is 4.44. The summed E-state index contributed by atoms with van der Waals surface area (Å²) in [5.41, 5.74) is 0. The fourth-order valence-corrected chi connectivity index (χ4v) is 2.31. The number of carbonyl (C=O) groups excluding carboxylic acids is 1. The Morgan fingerprint density at radius 1 is 1.45 bits per heavy atom. The summed E-state index contributed by atoms with van der Waals surface area (Å²) in [6, 6.07) is 0. The number of carbonyl (C=O) groups is 1. The minimum atomic E-state index is -3.91. The van der Waals surface area contributed by atoms with E-state index in [2.05, 4.69) is 19.4 Å². The van der Waals surface area contributed by atoms with Gasteiger partial charge in [0.25, 0.3) is 0 Å². The second-order valence-electron chi connectivity index (χ2n) is 3.58. The molecule has 11 heteroatoms. The number of halogens is 2. The molecule has 0 aliphatic heterocycles. The number of esters is 1. The molecule has 8 nitrogen and oxygen atoms in total. The van der Waals surface area contributed by atoms with E-state index in [1.165, 1.54) is 14.2 Å². The highest BCUT2D eigenvalue weighted by Crippen LogP contribution is 2.26. The van der Waals surface area contributed by atoms with Crippen LogP contribution in [0.1, 0.15) is 6.42 Å². The number of nitrogens with one attached hydrogen (secondary N) is 1. The number of aromatic nitrogens is 2. The van der Waals surface area contributed by atoms with Gasteiger partial charge in [0.1, 0.15) is 11.3 Å². The van der Waals surface area contributed by atoms with Crippen LogP contribution in [-0.4, -0.2) is 49.4 Å². The van der Waals surface area contributed by atoms with Crippen molar-refractivity contribution in [3.05, 3.63) is 16.5 Å². The molecule has 0 saturated heterocycles. The Labute approximate surface area is 126 Å². The highest BCUT2D eigenvalue weighted by molar-refractivity contribution is 7.90. The van der Waals surface area contributed by atoms with Crippen LogP contribution in [0.3, 0.4) is 0 Å². The van der Waals surface area contributed by atoms with Crippen molar-refractivity contribution in [1.29, 1.82) is 0 Å². The molecule has 1 aromatic heterocycles. The van der Waals surface area contributed by atoms with Gasteiger partial charge < -0.3 is 4.74 Å². The first-order valence-electron chi connectivity index (χ1n) is 5.25. The van der Waals surface area contributed by atoms with Gasteiger partial charge in [-0.1, -0.05) is 23.2 Å². The van der Waals surface area contributed by atoms with Crippen molar-refractivity contribution in [3.8, 4) is 0 Å². The first kappa shape index (κ1) is 16.9. The summed E-state index contributed by atoms with van der Waals surface area (Å²) in [7, 11) is -1.40. The molecule has 0 aromatic carbocycles. The van der Waals surface area contributed by atoms with Crippen molar-refractivity contribution in [2.24, 2.45) is 0 Å². The van der Waals surface area contributed by atoms with Crippen LogP contribution in [0.2, 0.25) is 10.2 Å². The second kappa shape index (κ2) is 7.02. The largest absolute Gasteiger partial charge is 0.469 e. The molecular formula is C9H12Cl2N4O4S. The normalized spacial score (nSPS) is 11.4. The number of methoxy groups -OCH3 is 1. The molecule has 0 amide bonds. The molecule has 0 fully saturated rings. The van der Waals surface area contributed by atoms with Crippen LogP contribution in [0.15, 0.2) is 6.33 Å². The van der Waals surface area contributed by atoms with Gasteiger partial charge in [-0.25, -0.2) is 9.97 Å². The van der Waals surface area contributed by atoms with Gasteiger partial charge in [0, 0.05) is 13.6 Å². The predicted octanol–water partition coefficient (Wildman–Crippen LogP) is 0.935. The first-order valence-corrected chi connectivity index (χ1v) is 7.44. The first-order chi connectivity index (χ1) is 9.27. The van der Waals surface area contributed by atoms with Crippen molar-refractivity contribution in [3.63, 3.8) is 0 Å². The molecule has 0 bridgehead atoms. The Kier molecular flexibility index (Phi) is 5.93. The minimum Gasteiger partial charge on any atom is -0.469 e. The summed E-state index contributed by atoms with van der Waals surface area (Å²) in [5, 5.41) is -0.185. The molecule has 1 rings (SSSR count). The zero-order chi connectivity index (χ0) is 15.3. The zero-order valence-corrected chi connectivity index (χ0v) is 13.0. The van der Waals surface area contributed by atoms with E-state index in [9.17, 15) is 13.2 Å². The lowest BCUT2D eigenvalue weighted by Gasteiger charge is -2.17. The molecular weight excluding hydrogens is 331 g/mol. The van der Waals surface area contributed by atoms with Crippen molar-refractivity contribution in [2.75, 3.05) is 25.4 Å². The predicted molar refractivity (Wildman–Crippen MR) is 73.9 cm³/mol. The summed E-state index contributed by atoms with van der Waals surface area (Å²) < 4.78 is 31.4. The third-order valence-electron chi connectivity index (χ3n) is 2.24. The molecule has 0 spiro atoms. The van der Waals surface area contributed by atoms with Crippen molar-refractivity contribution in [1.82, 2.24) is 14.3 Å². The number of rotatable bonds is 6. The molecule has 0 radical (unpaired) electrons. The topological polar surface area (TPSA) is 101 Å². The van der Waals surface area contributed by atoms with E-state index in [1.54, 1.807) is 0 Å². The van der Waals surface area contributed by atoms with E-state index in [1.807, 2.05) is 0 Å². The van der Waals surface area contributed by atoms with Crippen molar-refractivity contribution < 1.29 is 17.9 Å². The Bertz CT molecular complexity index is 596. The van der Waals surface area contributed by atoms with Crippen LogP contribution in [-0.2, 0) is 19.7 Å². The lowest BCUT2D eigenvalue weighted by atomic mass is 10.4. The van der Waals surface area contributed by atoms with Crippen LogP contribution in [0.25, 0.3) is 0 Å². The van der Waals surface area contributed by atoms with E-state index < -0.39 is 16.2 Å². The van der Waals surface area contributed by atoms with Crippen LogP contribution < -0.4 is 4.72 Å². The molecule has 112 valence electrons. The lowest BCUT2D eigenvalue weighted by molar-refractivity contribution is -0.140. The second-order valence-corrected chi connectivity index (χ2v) is 6.10. The fraction of sp³-hybridized carbons (Fsp3) is 0.444. The monoisotopic (exact) mass is 342 g/mol. The summed E-state index contributed by atoms with van der Waals surface area (Å²) >= 11 is 11.4. The van der Waals surface area contributed by atoms with Gasteiger partial charge in [-0.05, 0) is 0 Å². The Balaban J connectivity index is 2.79. The lowest BCUT2D eigenvalue weighted by Crippen LogP contribution is -2.34. The molecule has 20 heavy (non-hydrogen) atoms.